The molecular weight excluding hydrogens is 222 g/mol. The predicted molar refractivity (Wildman–Crippen MR) is 73.7 cm³/mol. The molecule has 0 radical (unpaired) electrons. The third-order valence-electron chi connectivity index (χ3n) is 3.21. The molecular formula is C15H17N3. The molecule has 0 N–H and O–H groups in total. The van der Waals surface area contributed by atoms with E-state index in [9.17, 15) is 0 Å². The summed E-state index contributed by atoms with van der Waals surface area (Å²) in [5.41, 5.74) is 2.36. The average Bonchev–Trinajstić information content (AvgIpc) is 2.98. The molecule has 0 unspecified atom stereocenters. The van der Waals surface area contributed by atoms with Crippen LogP contribution in [0.15, 0.2) is 48.8 Å². The van der Waals surface area contributed by atoms with Crippen LogP contribution in [-0.4, -0.2) is 14.3 Å². The topological polar surface area (TPSA) is 22.8 Å². The Kier molecular flexibility index (Phi) is 2.67. The summed E-state index contributed by atoms with van der Waals surface area (Å²) in [5, 5.41) is 5.87. The number of para-hydroxylation sites is 1. The molecule has 0 aliphatic rings. The summed E-state index contributed by atoms with van der Waals surface area (Å²) >= 11 is 0. The van der Waals surface area contributed by atoms with Gasteiger partial charge in [-0.05, 0) is 37.4 Å². The van der Waals surface area contributed by atoms with Crippen molar-refractivity contribution >= 4 is 10.9 Å². The van der Waals surface area contributed by atoms with E-state index in [0.717, 1.165) is 12.2 Å². The number of hydrogen-bond acceptors (Lipinski definition) is 1. The molecule has 0 bridgehead atoms. The third-order valence-corrected chi connectivity index (χ3v) is 3.21. The monoisotopic (exact) mass is 239 g/mol. The van der Waals surface area contributed by atoms with Gasteiger partial charge in [-0.15, -0.1) is 0 Å². The fourth-order valence-corrected chi connectivity index (χ4v) is 2.20. The van der Waals surface area contributed by atoms with E-state index >= 15 is 0 Å². The maximum atomic E-state index is 4.59. The van der Waals surface area contributed by atoms with Gasteiger partial charge in [-0.3, -0.25) is 4.68 Å². The van der Waals surface area contributed by atoms with Crippen molar-refractivity contribution in [3.05, 3.63) is 54.5 Å². The summed E-state index contributed by atoms with van der Waals surface area (Å²) in [5.74, 6) is 0. The van der Waals surface area contributed by atoms with Gasteiger partial charge in [-0.1, -0.05) is 18.2 Å². The second-order valence-electron chi connectivity index (χ2n) is 4.88. The van der Waals surface area contributed by atoms with Gasteiger partial charge in [0.1, 0.15) is 0 Å². The Morgan fingerprint density at radius 1 is 1.06 bits per heavy atom. The van der Waals surface area contributed by atoms with Gasteiger partial charge in [0.25, 0.3) is 0 Å². The number of rotatable bonds is 3. The van der Waals surface area contributed by atoms with Gasteiger partial charge in [0.05, 0.1) is 12.2 Å². The van der Waals surface area contributed by atoms with Crippen LogP contribution >= 0.6 is 0 Å². The van der Waals surface area contributed by atoms with E-state index in [4.69, 9.17) is 0 Å². The van der Waals surface area contributed by atoms with Crippen molar-refractivity contribution in [1.29, 1.82) is 0 Å². The lowest BCUT2D eigenvalue weighted by Gasteiger charge is -2.05. The highest BCUT2D eigenvalue weighted by atomic mass is 15.3. The van der Waals surface area contributed by atoms with Gasteiger partial charge >= 0.3 is 0 Å². The molecule has 0 aliphatic carbocycles. The molecule has 0 amide bonds. The molecule has 0 spiro atoms. The van der Waals surface area contributed by atoms with Crippen molar-refractivity contribution in [3.63, 3.8) is 0 Å². The van der Waals surface area contributed by atoms with Crippen LogP contribution in [0.2, 0.25) is 0 Å². The van der Waals surface area contributed by atoms with Crippen LogP contribution in [0.1, 0.15) is 25.6 Å². The van der Waals surface area contributed by atoms with Crippen molar-refractivity contribution in [2.24, 2.45) is 0 Å². The maximum Gasteiger partial charge on any atom is 0.0821 e. The lowest BCUT2D eigenvalue weighted by atomic mass is 10.2. The minimum absolute atomic E-state index is 0.417. The second-order valence-corrected chi connectivity index (χ2v) is 4.88. The van der Waals surface area contributed by atoms with E-state index in [1.165, 1.54) is 10.9 Å². The van der Waals surface area contributed by atoms with Crippen LogP contribution in [0.5, 0.6) is 0 Å². The predicted octanol–water partition coefficient (Wildman–Crippen LogP) is 3.47. The van der Waals surface area contributed by atoms with E-state index < -0.39 is 0 Å². The van der Waals surface area contributed by atoms with Crippen LogP contribution in [0, 0.1) is 0 Å². The van der Waals surface area contributed by atoms with E-state index in [-0.39, 0.29) is 0 Å². The van der Waals surface area contributed by atoms with Crippen LogP contribution < -0.4 is 0 Å². The van der Waals surface area contributed by atoms with Crippen LogP contribution in [0.3, 0.4) is 0 Å². The summed E-state index contributed by atoms with van der Waals surface area (Å²) in [4.78, 5) is 0. The summed E-state index contributed by atoms with van der Waals surface area (Å²) in [6, 6.07) is 13.1. The molecule has 2 heterocycles. The molecule has 1 aromatic carbocycles. The molecule has 0 saturated carbocycles. The summed E-state index contributed by atoms with van der Waals surface area (Å²) in [6.45, 7) is 5.11. The van der Waals surface area contributed by atoms with Gasteiger partial charge in [0.2, 0.25) is 0 Å². The first kappa shape index (κ1) is 11.1. The number of benzene rings is 1. The van der Waals surface area contributed by atoms with E-state index in [0.29, 0.717) is 6.04 Å². The Labute approximate surface area is 107 Å². The SMILES string of the molecule is CC(C)n1ccc(Cn2ccc3ccccc32)n1. The summed E-state index contributed by atoms with van der Waals surface area (Å²) in [6.07, 6.45) is 4.17. The van der Waals surface area contributed by atoms with E-state index in [2.05, 4.69) is 66.1 Å². The normalized spacial score (nSPS) is 11.5. The molecule has 3 rings (SSSR count). The van der Waals surface area contributed by atoms with E-state index in [1.54, 1.807) is 0 Å². The van der Waals surface area contributed by atoms with Gasteiger partial charge in [-0.2, -0.15) is 5.10 Å². The number of hydrogen-bond donors (Lipinski definition) is 0. The van der Waals surface area contributed by atoms with Gasteiger partial charge in [-0.25, -0.2) is 0 Å². The smallest absolute Gasteiger partial charge is 0.0821 e. The molecule has 0 saturated heterocycles. The first-order valence-electron chi connectivity index (χ1n) is 6.32. The molecule has 3 heteroatoms. The standard InChI is InChI=1S/C15H17N3/c1-12(2)18-10-8-14(16-18)11-17-9-7-13-5-3-4-6-15(13)17/h3-10,12H,11H2,1-2H3. The fraction of sp³-hybridized carbons (Fsp3) is 0.267. The number of nitrogens with zero attached hydrogens (tertiary/aromatic N) is 3. The molecule has 2 aromatic heterocycles. The second kappa shape index (κ2) is 4.33. The minimum Gasteiger partial charge on any atom is -0.341 e. The minimum atomic E-state index is 0.417. The van der Waals surface area contributed by atoms with Gasteiger partial charge < -0.3 is 4.57 Å². The van der Waals surface area contributed by atoms with Crippen LogP contribution in [0.25, 0.3) is 10.9 Å². The van der Waals surface area contributed by atoms with Crippen molar-refractivity contribution in [1.82, 2.24) is 14.3 Å². The van der Waals surface area contributed by atoms with Gasteiger partial charge in [0.15, 0.2) is 0 Å². The first-order valence-corrected chi connectivity index (χ1v) is 6.32. The quantitative estimate of drug-likeness (QED) is 0.686. The highest BCUT2D eigenvalue weighted by molar-refractivity contribution is 5.79. The Morgan fingerprint density at radius 2 is 1.89 bits per heavy atom. The third kappa shape index (κ3) is 1.92. The lowest BCUT2D eigenvalue weighted by molar-refractivity contribution is 0.524. The maximum absolute atomic E-state index is 4.59. The zero-order chi connectivity index (χ0) is 12.5. The molecule has 18 heavy (non-hydrogen) atoms. The summed E-state index contributed by atoms with van der Waals surface area (Å²) < 4.78 is 4.24. The molecule has 0 aliphatic heterocycles. The lowest BCUT2D eigenvalue weighted by Crippen LogP contribution is -2.04. The fourth-order valence-electron chi connectivity index (χ4n) is 2.20. The highest BCUT2D eigenvalue weighted by Crippen LogP contribution is 2.16. The Morgan fingerprint density at radius 3 is 2.67 bits per heavy atom. The van der Waals surface area contributed by atoms with Crippen LogP contribution in [0.4, 0.5) is 0 Å². The number of fused-ring (bicyclic) bond motifs is 1. The molecule has 0 fully saturated rings. The Balaban J connectivity index is 1.91. The van der Waals surface area contributed by atoms with Gasteiger partial charge in [0, 0.05) is 24.0 Å². The van der Waals surface area contributed by atoms with Crippen molar-refractivity contribution in [2.75, 3.05) is 0 Å². The molecule has 3 aromatic rings. The Hall–Kier alpha value is -2.03. The van der Waals surface area contributed by atoms with Crippen molar-refractivity contribution in [2.45, 2.75) is 26.4 Å². The van der Waals surface area contributed by atoms with Crippen molar-refractivity contribution < 1.29 is 0 Å². The zero-order valence-electron chi connectivity index (χ0n) is 10.7. The summed E-state index contributed by atoms with van der Waals surface area (Å²) in [7, 11) is 0. The average molecular weight is 239 g/mol. The molecule has 92 valence electrons. The molecule has 0 atom stereocenters. The highest BCUT2D eigenvalue weighted by Gasteiger charge is 2.05. The first-order chi connectivity index (χ1) is 8.74. The number of aromatic nitrogens is 3. The Bertz CT molecular complexity index is 661. The zero-order valence-corrected chi connectivity index (χ0v) is 10.7. The molecule has 3 nitrogen and oxygen atoms in total. The van der Waals surface area contributed by atoms with Crippen LogP contribution in [-0.2, 0) is 6.54 Å². The van der Waals surface area contributed by atoms with Crippen molar-refractivity contribution in [3.8, 4) is 0 Å². The largest absolute Gasteiger partial charge is 0.341 e. The van der Waals surface area contributed by atoms with E-state index in [1.807, 2.05) is 10.9 Å².